The minimum atomic E-state index is -1.19. The molecule has 0 spiro atoms. The Kier molecular flexibility index (Phi) is 6.46. The number of hydrogen-bond donors (Lipinski definition) is 4. The molecule has 7 nitrogen and oxygen atoms in total. The van der Waals surface area contributed by atoms with Crippen molar-refractivity contribution < 1.29 is 14.4 Å². The maximum Gasteiger partial charge on any atom is 0.246 e. The van der Waals surface area contributed by atoms with E-state index in [1.165, 1.54) is 0 Å². The van der Waals surface area contributed by atoms with E-state index in [0.29, 0.717) is 19.3 Å². The molecule has 0 bridgehead atoms. The van der Waals surface area contributed by atoms with Gasteiger partial charge in [-0.2, -0.15) is 0 Å². The number of nitrogens with one attached hydrogen (secondary N) is 3. The van der Waals surface area contributed by atoms with Crippen LogP contribution < -0.4 is 16.4 Å². The first-order chi connectivity index (χ1) is 16.2. The lowest BCUT2D eigenvalue weighted by atomic mass is 9.78. The van der Waals surface area contributed by atoms with Crippen LogP contribution in [0.25, 0.3) is 10.9 Å². The van der Waals surface area contributed by atoms with E-state index in [1.54, 1.807) is 0 Å². The molecule has 7 heteroatoms. The molecule has 0 fully saturated rings. The summed E-state index contributed by atoms with van der Waals surface area (Å²) in [5, 5.41) is 6.97. The molecule has 5 N–H and O–H groups in total. The topological polar surface area (TPSA) is 117 Å². The third kappa shape index (κ3) is 4.42. The average Bonchev–Trinajstić information content (AvgIpc) is 3.19. The maximum absolute atomic E-state index is 13.8. The number of carbonyl (C=O) groups is 3. The van der Waals surface area contributed by atoms with E-state index in [1.807, 2.05) is 75.4 Å². The van der Waals surface area contributed by atoms with E-state index >= 15 is 0 Å². The van der Waals surface area contributed by atoms with Crippen LogP contribution in [0.2, 0.25) is 0 Å². The fourth-order valence-electron chi connectivity index (χ4n) is 4.84. The number of aromatic nitrogens is 1. The smallest absolute Gasteiger partial charge is 0.246 e. The maximum atomic E-state index is 13.8. The van der Waals surface area contributed by atoms with Crippen LogP contribution in [0.5, 0.6) is 0 Å². The molecule has 0 saturated heterocycles. The lowest BCUT2D eigenvalue weighted by Gasteiger charge is -2.38. The quantitative estimate of drug-likeness (QED) is 0.434. The fraction of sp³-hybridized carbons (Fsp3) is 0.370. The number of amides is 3. The van der Waals surface area contributed by atoms with Crippen LogP contribution in [-0.2, 0) is 27.2 Å². The molecule has 1 heterocycles. The molecule has 0 saturated carbocycles. The van der Waals surface area contributed by atoms with Gasteiger partial charge in [0.15, 0.2) is 0 Å². The van der Waals surface area contributed by atoms with E-state index < -0.39 is 23.4 Å². The van der Waals surface area contributed by atoms with Gasteiger partial charge in [0.25, 0.3) is 0 Å². The SMILES string of the molecule is CC(C(=O)N[C@]1(C(=O)N[C@H](C(N)=O)C(C)C)CCc2[nH]c3ccccc3c2C1)c1ccccc1. The van der Waals surface area contributed by atoms with Crippen LogP contribution in [0.4, 0.5) is 0 Å². The molecule has 1 unspecified atom stereocenters. The second kappa shape index (κ2) is 9.33. The third-order valence-electron chi connectivity index (χ3n) is 6.93. The van der Waals surface area contributed by atoms with Gasteiger partial charge >= 0.3 is 0 Å². The zero-order valence-electron chi connectivity index (χ0n) is 19.9. The number of nitrogens with two attached hydrogens (primary N) is 1. The summed E-state index contributed by atoms with van der Waals surface area (Å²) in [7, 11) is 0. The van der Waals surface area contributed by atoms with Crippen LogP contribution in [0, 0.1) is 5.92 Å². The van der Waals surface area contributed by atoms with Crippen molar-refractivity contribution in [1.82, 2.24) is 15.6 Å². The summed E-state index contributed by atoms with van der Waals surface area (Å²) in [4.78, 5) is 42.6. The highest BCUT2D eigenvalue weighted by Gasteiger charge is 2.45. The molecule has 3 aromatic rings. The van der Waals surface area contributed by atoms with Crippen molar-refractivity contribution in [2.45, 2.75) is 57.5 Å². The lowest BCUT2D eigenvalue weighted by molar-refractivity contribution is -0.137. The van der Waals surface area contributed by atoms with Gasteiger partial charge in [0.2, 0.25) is 17.7 Å². The molecule has 3 amide bonds. The van der Waals surface area contributed by atoms with Crippen molar-refractivity contribution in [3.05, 3.63) is 71.4 Å². The van der Waals surface area contributed by atoms with Crippen molar-refractivity contribution >= 4 is 28.6 Å². The summed E-state index contributed by atoms with van der Waals surface area (Å²) in [6.07, 6.45) is 1.34. The van der Waals surface area contributed by atoms with E-state index in [0.717, 1.165) is 27.7 Å². The number of carbonyl (C=O) groups excluding carboxylic acids is 3. The molecule has 1 aliphatic carbocycles. The Morgan fingerprint density at radius 3 is 2.35 bits per heavy atom. The molecule has 2 aromatic carbocycles. The number of benzene rings is 2. The molecule has 0 radical (unpaired) electrons. The number of aromatic amines is 1. The number of H-pyrrole nitrogens is 1. The Labute approximate surface area is 199 Å². The molecule has 34 heavy (non-hydrogen) atoms. The number of primary amides is 1. The summed E-state index contributed by atoms with van der Waals surface area (Å²) in [6.45, 7) is 5.49. The minimum absolute atomic E-state index is 0.176. The Bertz CT molecular complexity index is 1220. The summed E-state index contributed by atoms with van der Waals surface area (Å²) in [5.74, 6) is -1.82. The highest BCUT2D eigenvalue weighted by atomic mass is 16.2. The Morgan fingerprint density at radius 2 is 1.68 bits per heavy atom. The molecule has 178 valence electrons. The normalized spacial score (nSPS) is 19.3. The molecule has 1 aliphatic rings. The van der Waals surface area contributed by atoms with Gasteiger partial charge in [-0.3, -0.25) is 14.4 Å². The number of aryl methyl sites for hydroxylation is 1. The zero-order chi connectivity index (χ0) is 24.5. The Balaban J connectivity index is 1.70. The van der Waals surface area contributed by atoms with Crippen LogP contribution in [0.15, 0.2) is 54.6 Å². The van der Waals surface area contributed by atoms with Gasteiger partial charge in [-0.15, -0.1) is 0 Å². The van der Waals surface area contributed by atoms with E-state index in [2.05, 4.69) is 15.6 Å². The van der Waals surface area contributed by atoms with Crippen molar-refractivity contribution in [1.29, 1.82) is 0 Å². The van der Waals surface area contributed by atoms with Crippen molar-refractivity contribution in [2.75, 3.05) is 0 Å². The van der Waals surface area contributed by atoms with Crippen LogP contribution in [-0.4, -0.2) is 34.3 Å². The zero-order valence-corrected chi connectivity index (χ0v) is 19.9. The van der Waals surface area contributed by atoms with Crippen LogP contribution in [0.3, 0.4) is 0 Å². The third-order valence-corrected chi connectivity index (χ3v) is 6.93. The number of para-hydroxylation sites is 1. The number of rotatable bonds is 7. The summed E-state index contributed by atoms with van der Waals surface area (Å²) in [5.41, 5.74) is 8.35. The highest BCUT2D eigenvalue weighted by Crippen LogP contribution is 2.35. The van der Waals surface area contributed by atoms with Gasteiger partial charge in [0.05, 0.1) is 5.92 Å². The standard InChI is InChI=1S/C27H32N4O3/c1-16(2)23(24(28)32)30-26(34)27(31-25(33)17(3)18-9-5-4-6-10-18)14-13-22-20(15-27)19-11-7-8-12-21(19)29-22/h4-12,16-17,23,29H,13-15H2,1-3H3,(H2,28,32)(H,30,34)(H,31,33)/t17?,23-,27+/m0/s1. The summed E-state index contributed by atoms with van der Waals surface area (Å²) < 4.78 is 0. The van der Waals surface area contributed by atoms with Gasteiger partial charge < -0.3 is 21.4 Å². The monoisotopic (exact) mass is 460 g/mol. The van der Waals surface area contributed by atoms with E-state index in [4.69, 9.17) is 5.73 Å². The number of fused-ring (bicyclic) bond motifs is 3. The highest BCUT2D eigenvalue weighted by molar-refractivity contribution is 5.97. The predicted octanol–water partition coefficient (Wildman–Crippen LogP) is 2.94. The molecular weight excluding hydrogens is 428 g/mol. The minimum Gasteiger partial charge on any atom is -0.368 e. The number of hydrogen-bond acceptors (Lipinski definition) is 3. The molecular formula is C27H32N4O3. The molecule has 1 aromatic heterocycles. The second-order valence-corrected chi connectivity index (χ2v) is 9.61. The first-order valence-electron chi connectivity index (χ1n) is 11.8. The van der Waals surface area contributed by atoms with Gasteiger partial charge in [-0.05, 0) is 42.9 Å². The predicted molar refractivity (Wildman–Crippen MR) is 132 cm³/mol. The molecule has 0 aliphatic heterocycles. The van der Waals surface area contributed by atoms with Crippen LogP contribution in [0.1, 0.15) is 49.9 Å². The second-order valence-electron chi connectivity index (χ2n) is 9.61. The summed E-state index contributed by atoms with van der Waals surface area (Å²) >= 11 is 0. The average molecular weight is 461 g/mol. The van der Waals surface area contributed by atoms with Gasteiger partial charge in [0.1, 0.15) is 11.6 Å². The van der Waals surface area contributed by atoms with Crippen LogP contribution >= 0.6 is 0 Å². The largest absolute Gasteiger partial charge is 0.368 e. The molecule has 3 atom stereocenters. The first kappa shape index (κ1) is 23.5. The van der Waals surface area contributed by atoms with Crippen molar-refractivity contribution in [3.8, 4) is 0 Å². The van der Waals surface area contributed by atoms with Gasteiger partial charge in [0, 0.05) is 23.0 Å². The molecule has 4 rings (SSSR count). The Hall–Kier alpha value is -3.61. The van der Waals surface area contributed by atoms with Crippen molar-refractivity contribution in [3.63, 3.8) is 0 Å². The first-order valence-corrected chi connectivity index (χ1v) is 11.8. The Morgan fingerprint density at radius 1 is 1.00 bits per heavy atom. The lowest BCUT2D eigenvalue weighted by Crippen LogP contribution is -2.65. The van der Waals surface area contributed by atoms with Crippen molar-refractivity contribution in [2.24, 2.45) is 11.7 Å². The van der Waals surface area contributed by atoms with Gasteiger partial charge in [-0.1, -0.05) is 62.4 Å². The summed E-state index contributed by atoms with van der Waals surface area (Å²) in [6, 6.07) is 16.6. The van der Waals surface area contributed by atoms with Gasteiger partial charge in [-0.25, -0.2) is 0 Å². The van der Waals surface area contributed by atoms with E-state index in [9.17, 15) is 14.4 Å². The van der Waals surface area contributed by atoms with E-state index in [-0.39, 0.29) is 17.7 Å². The fourth-order valence-corrected chi connectivity index (χ4v) is 4.84.